The van der Waals surface area contributed by atoms with E-state index in [1.807, 2.05) is 12.3 Å². The van der Waals surface area contributed by atoms with E-state index in [2.05, 4.69) is 47.6 Å². The Bertz CT molecular complexity index is 1190. The van der Waals surface area contributed by atoms with Gasteiger partial charge >= 0.3 is 6.09 Å². The van der Waals surface area contributed by atoms with Gasteiger partial charge in [-0.2, -0.15) is 0 Å². The first-order chi connectivity index (χ1) is 16.1. The summed E-state index contributed by atoms with van der Waals surface area (Å²) < 4.78 is 5.50. The van der Waals surface area contributed by atoms with Gasteiger partial charge < -0.3 is 15.0 Å². The summed E-state index contributed by atoms with van der Waals surface area (Å²) >= 11 is 6.57. The number of nitrogens with one attached hydrogen (secondary N) is 1. The van der Waals surface area contributed by atoms with E-state index in [1.54, 1.807) is 29.4 Å². The zero-order valence-corrected chi connectivity index (χ0v) is 19.3. The Morgan fingerprint density at radius 2 is 2.12 bits per heavy atom. The van der Waals surface area contributed by atoms with E-state index in [0.29, 0.717) is 24.8 Å². The lowest BCUT2D eigenvalue weighted by Gasteiger charge is -2.34. The van der Waals surface area contributed by atoms with Crippen LogP contribution in [0.4, 0.5) is 4.79 Å². The zero-order chi connectivity index (χ0) is 22.8. The van der Waals surface area contributed by atoms with E-state index >= 15 is 0 Å². The molecule has 0 atom stereocenters. The second-order valence-electron chi connectivity index (χ2n) is 8.45. The molecule has 1 aromatic carbocycles. The normalized spacial score (nSPS) is 17.6. The molecule has 1 amide bonds. The van der Waals surface area contributed by atoms with Gasteiger partial charge in [-0.25, -0.2) is 4.79 Å². The number of ether oxygens (including phenoxy) is 1. The first-order valence-corrected chi connectivity index (χ1v) is 11.8. The van der Waals surface area contributed by atoms with Gasteiger partial charge in [-0.15, -0.1) is 0 Å². The molecule has 5 nitrogen and oxygen atoms in total. The van der Waals surface area contributed by atoms with Crippen molar-refractivity contribution in [2.45, 2.75) is 26.2 Å². The minimum absolute atomic E-state index is 0.314. The molecule has 0 radical (unpaired) electrons. The van der Waals surface area contributed by atoms with Gasteiger partial charge in [-0.1, -0.05) is 36.8 Å². The summed E-state index contributed by atoms with van der Waals surface area (Å²) in [6.07, 6.45) is 16.0. The van der Waals surface area contributed by atoms with E-state index in [9.17, 15) is 4.79 Å². The lowest BCUT2D eigenvalue weighted by atomic mass is 9.81. The van der Waals surface area contributed by atoms with Crippen molar-refractivity contribution in [2.75, 3.05) is 13.1 Å². The maximum Gasteiger partial charge on any atom is 0.415 e. The van der Waals surface area contributed by atoms with Crippen LogP contribution in [0.2, 0.25) is 5.02 Å². The molecule has 3 aliphatic rings. The maximum atomic E-state index is 12.7. The third-order valence-electron chi connectivity index (χ3n) is 6.49. The molecule has 2 aromatic rings. The fraction of sp³-hybridized carbons (Fsp3) is 0.259. The van der Waals surface area contributed by atoms with Crippen LogP contribution in [0.5, 0.6) is 5.75 Å². The number of dihydropyridines is 1. The molecule has 33 heavy (non-hydrogen) atoms. The summed E-state index contributed by atoms with van der Waals surface area (Å²) in [5.41, 5.74) is 7.13. The molecule has 1 saturated heterocycles. The molecule has 168 valence electrons. The summed E-state index contributed by atoms with van der Waals surface area (Å²) in [4.78, 5) is 18.5. The van der Waals surface area contributed by atoms with Crippen molar-refractivity contribution in [3.63, 3.8) is 0 Å². The number of hydrogen-bond donors (Lipinski definition) is 1. The SMILES string of the molecule is CCc1cc2c(cc1Cl)C=CC1=CC=CNC1=C2C1CCN(C(=O)Oc2cccnc2)CC1. The number of halogens is 1. The molecular formula is C27H26ClN3O2. The summed E-state index contributed by atoms with van der Waals surface area (Å²) in [5.74, 6) is 0.782. The minimum Gasteiger partial charge on any atom is -0.409 e. The summed E-state index contributed by atoms with van der Waals surface area (Å²) in [7, 11) is 0. The Kier molecular flexibility index (Phi) is 6.05. The molecule has 0 unspecified atom stereocenters. The van der Waals surface area contributed by atoms with Gasteiger partial charge in [0.05, 0.1) is 6.20 Å². The highest BCUT2D eigenvalue weighted by molar-refractivity contribution is 6.31. The van der Waals surface area contributed by atoms with E-state index in [4.69, 9.17) is 16.3 Å². The lowest BCUT2D eigenvalue weighted by Crippen LogP contribution is -2.40. The number of carbonyl (C=O) groups excluding carboxylic acids is 1. The smallest absolute Gasteiger partial charge is 0.409 e. The van der Waals surface area contributed by atoms with Crippen LogP contribution < -0.4 is 10.1 Å². The molecular weight excluding hydrogens is 434 g/mol. The monoisotopic (exact) mass is 459 g/mol. The average Bonchev–Trinajstić information content (AvgIpc) is 3.00. The van der Waals surface area contributed by atoms with Crippen molar-refractivity contribution in [1.29, 1.82) is 0 Å². The highest BCUT2D eigenvalue weighted by Crippen LogP contribution is 2.42. The van der Waals surface area contributed by atoms with Crippen LogP contribution in [-0.2, 0) is 6.42 Å². The average molecular weight is 460 g/mol. The number of likely N-dealkylation sites (tertiary alicyclic amines) is 1. The van der Waals surface area contributed by atoms with Crippen LogP contribution >= 0.6 is 11.6 Å². The fourth-order valence-electron chi connectivity index (χ4n) is 4.76. The number of allylic oxidation sites excluding steroid dienone is 4. The van der Waals surface area contributed by atoms with Crippen molar-refractivity contribution in [1.82, 2.24) is 15.2 Å². The van der Waals surface area contributed by atoms with Gasteiger partial charge in [0.25, 0.3) is 0 Å². The van der Waals surface area contributed by atoms with E-state index in [-0.39, 0.29) is 6.09 Å². The van der Waals surface area contributed by atoms with Gasteiger partial charge in [0.1, 0.15) is 0 Å². The van der Waals surface area contributed by atoms with E-state index in [0.717, 1.165) is 46.7 Å². The predicted octanol–water partition coefficient (Wildman–Crippen LogP) is 5.99. The molecule has 0 saturated carbocycles. The summed E-state index contributed by atoms with van der Waals surface area (Å²) in [6.45, 7) is 3.42. The second-order valence-corrected chi connectivity index (χ2v) is 8.86. The van der Waals surface area contributed by atoms with Crippen LogP contribution in [-0.4, -0.2) is 29.1 Å². The van der Waals surface area contributed by atoms with Crippen molar-refractivity contribution in [2.24, 2.45) is 5.92 Å². The Balaban J connectivity index is 1.43. The van der Waals surface area contributed by atoms with Crippen LogP contribution in [0.1, 0.15) is 36.5 Å². The number of pyridine rings is 1. The van der Waals surface area contributed by atoms with E-state index < -0.39 is 0 Å². The third-order valence-corrected chi connectivity index (χ3v) is 6.84. The first-order valence-electron chi connectivity index (χ1n) is 11.4. The minimum atomic E-state index is -0.318. The number of carbonyl (C=O) groups is 1. The molecule has 1 aromatic heterocycles. The Hall–Kier alpha value is -3.31. The van der Waals surface area contributed by atoms with E-state index in [1.165, 1.54) is 11.1 Å². The number of piperidine rings is 1. The van der Waals surface area contributed by atoms with Crippen LogP contribution in [0.15, 0.2) is 72.4 Å². The topological polar surface area (TPSA) is 54.5 Å². The standard InChI is InChI=1S/C27H26ClN3O2/c1-2-18-15-23-21(16-24(18)28)8-7-20-5-3-12-30-26(20)25(23)19-9-13-31(14-10-19)27(32)33-22-6-4-11-29-17-22/h3-8,11-12,15-17,19,30H,2,9-10,13-14H2,1H3. The summed E-state index contributed by atoms with van der Waals surface area (Å²) in [5, 5.41) is 4.31. The fourth-order valence-corrected chi connectivity index (χ4v) is 5.07. The summed E-state index contributed by atoms with van der Waals surface area (Å²) in [6, 6.07) is 7.83. The number of benzene rings is 1. The molecule has 2 aliphatic heterocycles. The molecule has 0 spiro atoms. The molecule has 5 rings (SSSR count). The molecule has 6 heteroatoms. The predicted molar refractivity (Wildman–Crippen MR) is 132 cm³/mol. The quantitative estimate of drug-likeness (QED) is 0.612. The highest BCUT2D eigenvalue weighted by atomic mass is 35.5. The van der Waals surface area contributed by atoms with Crippen molar-refractivity contribution in [3.8, 4) is 5.75 Å². The largest absolute Gasteiger partial charge is 0.415 e. The van der Waals surface area contributed by atoms with Crippen LogP contribution in [0.25, 0.3) is 11.6 Å². The number of aryl methyl sites for hydroxylation is 1. The van der Waals surface area contributed by atoms with Crippen molar-refractivity contribution < 1.29 is 9.53 Å². The van der Waals surface area contributed by atoms with Gasteiger partial charge in [0.15, 0.2) is 5.75 Å². The Labute approximate surface area is 199 Å². The number of hydrogen-bond acceptors (Lipinski definition) is 4. The van der Waals surface area contributed by atoms with Gasteiger partial charge in [-0.3, -0.25) is 4.98 Å². The van der Waals surface area contributed by atoms with Gasteiger partial charge in [0, 0.05) is 36.2 Å². The maximum absolute atomic E-state index is 12.7. The zero-order valence-electron chi connectivity index (χ0n) is 18.6. The van der Waals surface area contributed by atoms with Crippen molar-refractivity contribution >= 4 is 29.3 Å². The number of aromatic nitrogens is 1. The van der Waals surface area contributed by atoms with Crippen molar-refractivity contribution in [3.05, 3.63) is 94.1 Å². The number of rotatable bonds is 3. The molecule has 3 heterocycles. The molecule has 1 aliphatic carbocycles. The van der Waals surface area contributed by atoms with Crippen LogP contribution in [0.3, 0.4) is 0 Å². The molecule has 0 bridgehead atoms. The lowest BCUT2D eigenvalue weighted by molar-refractivity contribution is 0.137. The number of amides is 1. The van der Waals surface area contributed by atoms with Gasteiger partial charge in [0.2, 0.25) is 0 Å². The Morgan fingerprint density at radius 3 is 2.88 bits per heavy atom. The molecule has 1 fully saturated rings. The molecule has 1 N–H and O–H groups in total. The van der Waals surface area contributed by atoms with Crippen LogP contribution in [0, 0.1) is 5.92 Å². The second kappa shape index (κ2) is 9.28. The number of nitrogens with zero attached hydrogens (tertiary/aromatic N) is 2. The highest BCUT2D eigenvalue weighted by Gasteiger charge is 2.31. The first kappa shape index (κ1) is 21.5. The number of fused-ring (bicyclic) bond motifs is 2. The van der Waals surface area contributed by atoms with Gasteiger partial charge in [-0.05, 0) is 83.4 Å². The Morgan fingerprint density at radius 1 is 1.27 bits per heavy atom. The third kappa shape index (κ3) is 4.33.